The number of aliphatic carboxylic acids is 1. The third-order valence-electron chi connectivity index (χ3n) is 2.02. The molecule has 2 aromatic rings. The van der Waals surface area contributed by atoms with E-state index in [-0.39, 0.29) is 5.76 Å². The minimum atomic E-state index is -5.08. The maximum Gasteiger partial charge on any atom is 0.490 e. The Kier molecular flexibility index (Phi) is 4.70. The number of carboxylic acid groups (broad SMARTS) is 1. The smallest absolute Gasteiger partial charge is 0.475 e. The number of hydrogen-bond acceptors (Lipinski definition) is 4. The van der Waals surface area contributed by atoms with Crippen LogP contribution in [0.3, 0.4) is 0 Å². The van der Waals surface area contributed by atoms with Gasteiger partial charge in [0.25, 0.3) is 0 Å². The molecule has 0 saturated heterocycles. The average Bonchev–Trinajstić information content (AvgIpc) is 2.81. The van der Waals surface area contributed by atoms with Crippen LogP contribution >= 0.6 is 0 Å². The van der Waals surface area contributed by atoms with Crippen LogP contribution in [0.5, 0.6) is 0 Å². The molecule has 6 nitrogen and oxygen atoms in total. The fourth-order valence-corrected chi connectivity index (χ4v) is 1.16. The van der Waals surface area contributed by atoms with Crippen molar-refractivity contribution in [1.82, 2.24) is 5.43 Å². The number of rotatable bonds is 1. The Morgan fingerprint density at radius 2 is 1.80 bits per heavy atom. The third kappa shape index (κ3) is 3.99. The molecule has 20 heavy (non-hydrogen) atoms. The Hall–Kier alpha value is -2.55. The lowest BCUT2D eigenvalue weighted by Gasteiger charge is -1.93. The van der Waals surface area contributed by atoms with Crippen molar-refractivity contribution in [2.24, 2.45) is 5.84 Å². The van der Waals surface area contributed by atoms with Crippen LogP contribution in [0.15, 0.2) is 34.7 Å². The monoisotopic (exact) mass is 290 g/mol. The van der Waals surface area contributed by atoms with Gasteiger partial charge in [-0.3, -0.25) is 10.2 Å². The van der Waals surface area contributed by atoms with Gasteiger partial charge in [-0.2, -0.15) is 13.2 Å². The zero-order valence-corrected chi connectivity index (χ0v) is 9.77. The number of carboxylic acids is 1. The average molecular weight is 290 g/mol. The number of para-hydroxylation sites is 1. The van der Waals surface area contributed by atoms with Crippen molar-refractivity contribution >= 4 is 22.8 Å². The van der Waals surface area contributed by atoms with E-state index in [0.717, 1.165) is 5.39 Å². The second-order valence-corrected chi connectivity index (χ2v) is 3.42. The summed E-state index contributed by atoms with van der Waals surface area (Å²) in [4.78, 5) is 19.9. The first-order valence-electron chi connectivity index (χ1n) is 5.05. The minimum absolute atomic E-state index is 0.226. The van der Waals surface area contributed by atoms with Crippen LogP contribution in [0.4, 0.5) is 13.2 Å². The molecule has 0 bridgehead atoms. The molecule has 0 aliphatic carbocycles. The number of nitrogens with two attached hydrogens (primary N) is 1. The summed E-state index contributed by atoms with van der Waals surface area (Å²) in [6.07, 6.45) is -5.08. The number of nitrogens with one attached hydrogen (secondary N) is 1. The van der Waals surface area contributed by atoms with Gasteiger partial charge in [0.1, 0.15) is 5.58 Å². The van der Waals surface area contributed by atoms with Crippen molar-refractivity contribution < 1.29 is 32.3 Å². The van der Waals surface area contributed by atoms with E-state index in [0.29, 0.717) is 5.58 Å². The molecule has 1 aromatic carbocycles. The van der Waals surface area contributed by atoms with Crippen molar-refractivity contribution in [2.45, 2.75) is 6.18 Å². The number of amides is 1. The second kappa shape index (κ2) is 6.06. The predicted molar refractivity (Wildman–Crippen MR) is 61.6 cm³/mol. The van der Waals surface area contributed by atoms with Crippen molar-refractivity contribution in [3.8, 4) is 0 Å². The molecule has 0 atom stereocenters. The molecule has 0 saturated carbocycles. The molecule has 1 heterocycles. The molecule has 0 aliphatic rings. The van der Waals surface area contributed by atoms with Crippen molar-refractivity contribution in [1.29, 1.82) is 0 Å². The van der Waals surface area contributed by atoms with Crippen molar-refractivity contribution in [2.75, 3.05) is 0 Å². The number of carbonyl (C=O) groups is 2. The van der Waals surface area contributed by atoms with Gasteiger partial charge in [0.2, 0.25) is 0 Å². The number of alkyl halides is 3. The first-order valence-corrected chi connectivity index (χ1v) is 5.05. The van der Waals surface area contributed by atoms with Gasteiger partial charge in [-0.1, -0.05) is 18.2 Å². The van der Waals surface area contributed by atoms with Crippen LogP contribution in [-0.4, -0.2) is 23.2 Å². The van der Waals surface area contributed by atoms with Gasteiger partial charge in [-0.25, -0.2) is 10.6 Å². The Morgan fingerprint density at radius 1 is 1.25 bits per heavy atom. The number of benzene rings is 1. The highest BCUT2D eigenvalue weighted by atomic mass is 19.4. The molecular weight excluding hydrogens is 281 g/mol. The first-order chi connectivity index (χ1) is 9.25. The van der Waals surface area contributed by atoms with E-state index in [1.165, 1.54) is 0 Å². The summed E-state index contributed by atoms with van der Waals surface area (Å²) in [6, 6.07) is 9.03. The second-order valence-electron chi connectivity index (χ2n) is 3.42. The zero-order valence-electron chi connectivity index (χ0n) is 9.77. The predicted octanol–water partition coefficient (Wildman–Crippen LogP) is 1.67. The summed E-state index contributed by atoms with van der Waals surface area (Å²) < 4.78 is 37.0. The van der Waals surface area contributed by atoms with E-state index in [9.17, 15) is 18.0 Å². The van der Waals surface area contributed by atoms with Gasteiger partial charge < -0.3 is 9.52 Å². The van der Waals surface area contributed by atoms with Crippen LogP contribution in [0.2, 0.25) is 0 Å². The van der Waals surface area contributed by atoms with Crippen molar-refractivity contribution in [3.05, 3.63) is 36.1 Å². The van der Waals surface area contributed by atoms with Gasteiger partial charge >= 0.3 is 18.1 Å². The van der Waals surface area contributed by atoms with Crippen molar-refractivity contribution in [3.63, 3.8) is 0 Å². The molecule has 1 aromatic heterocycles. The molecule has 9 heteroatoms. The fraction of sp³-hybridized carbons (Fsp3) is 0.0909. The molecule has 108 valence electrons. The van der Waals surface area contributed by atoms with Crippen LogP contribution in [0, 0.1) is 0 Å². The van der Waals surface area contributed by atoms with E-state index in [4.69, 9.17) is 20.2 Å². The molecular formula is C11H9F3N2O4. The Morgan fingerprint density at radius 3 is 2.25 bits per heavy atom. The van der Waals surface area contributed by atoms with E-state index in [1.54, 1.807) is 12.1 Å². The highest BCUT2D eigenvalue weighted by molar-refractivity contribution is 5.95. The minimum Gasteiger partial charge on any atom is -0.475 e. The first kappa shape index (κ1) is 15.5. The highest BCUT2D eigenvalue weighted by Crippen LogP contribution is 2.18. The molecule has 2 rings (SSSR count). The SMILES string of the molecule is NNC(=O)c1cc2ccccc2o1.O=C(O)C(F)(F)F. The number of furan rings is 1. The summed E-state index contributed by atoms with van der Waals surface area (Å²) in [5.41, 5.74) is 2.69. The molecule has 0 fully saturated rings. The normalized spacial score (nSPS) is 10.6. The Bertz CT molecular complexity index is 588. The summed E-state index contributed by atoms with van der Waals surface area (Å²) in [5, 5.41) is 8.01. The van der Waals surface area contributed by atoms with Crippen LogP contribution < -0.4 is 11.3 Å². The molecule has 4 N–H and O–H groups in total. The summed E-state index contributed by atoms with van der Waals surface area (Å²) in [6.45, 7) is 0. The standard InChI is InChI=1S/C9H8N2O2.C2HF3O2/c10-11-9(12)8-5-6-3-1-2-4-7(6)13-8;3-2(4,5)1(6)7/h1-5H,10H2,(H,11,12);(H,6,7). The zero-order chi connectivity index (χ0) is 15.3. The lowest BCUT2D eigenvalue weighted by molar-refractivity contribution is -0.192. The lowest BCUT2D eigenvalue weighted by atomic mass is 10.2. The van der Waals surface area contributed by atoms with Gasteiger partial charge in [-0.15, -0.1) is 0 Å². The number of hydrogen-bond donors (Lipinski definition) is 3. The van der Waals surface area contributed by atoms with Gasteiger partial charge in [0.15, 0.2) is 5.76 Å². The van der Waals surface area contributed by atoms with E-state index >= 15 is 0 Å². The Balaban J connectivity index is 0.000000246. The van der Waals surface area contributed by atoms with Crippen LogP contribution in [0.25, 0.3) is 11.0 Å². The third-order valence-corrected chi connectivity index (χ3v) is 2.02. The number of fused-ring (bicyclic) bond motifs is 1. The molecule has 0 unspecified atom stereocenters. The molecule has 1 amide bonds. The summed E-state index contributed by atoms with van der Waals surface area (Å²) in [5.74, 6) is 2.01. The molecule has 0 aliphatic heterocycles. The Labute approximate surface area is 109 Å². The number of carbonyl (C=O) groups excluding carboxylic acids is 1. The highest BCUT2D eigenvalue weighted by Gasteiger charge is 2.38. The summed E-state index contributed by atoms with van der Waals surface area (Å²) >= 11 is 0. The van der Waals surface area contributed by atoms with E-state index in [2.05, 4.69) is 0 Å². The topological polar surface area (TPSA) is 106 Å². The van der Waals surface area contributed by atoms with Crippen LogP contribution in [-0.2, 0) is 4.79 Å². The maximum absolute atomic E-state index is 11.1. The fourth-order valence-electron chi connectivity index (χ4n) is 1.16. The van der Waals surface area contributed by atoms with Crippen LogP contribution in [0.1, 0.15) is 10.6 Å². The number of nitrogen functional groups attached to an aromatic ring is 1. The lowest BCUT2D eigenvalue weighted by Crippen LogP contribution is -2.29. The number of halogens is 3. The number of hydrazine groups is 1. The van der Waals surface area contributed by atoms with E-state index < -0.39 is 18.1 Å². The van der Waals surface area contributed by atoms with Gasteiger partial charge in [0, 0.05) is 5.39 Å². The quantitative estimate of drug-likeness (QED) is 0.421. The molecule has 0 radical (unpaired) electrons. The van der Waals surface area contributed by atoms with Gasteiger partial charge in [0.05, 0.1) is 0 Å². The molecule has 0 spiro atoms. The van der Waals surface area contributed by atoms with E-state index in [1.807, 2.05) is 23.6 Å². The van der Waals surface area contributed by atoms with Gasteiger partial charge in [-0.05, 0) is 12.1 Å². The largest absolute Gasteiger partial charge is 0.490 e. The maximum atomic E-state index is 11.1. The summed E-state index contributed by atoms with van der Waals surface area (Å²) in [7, 11) is 0.